The van der Waals surface area contributed by atoms with Crippen LogP contribution in [0.1, 0.15) is 5.89 Å². The lowest BCUT2D eigenvalue weighted by Gasteiger charge is -2.10. The Hall–Kier alpha value is -2.84. The number of benzene rings is 2. The predicted octanol–water partition coefficient (Wildman–Crippen LogP) is 4.27. The minimum atomic E-state index is 0.452. The molecule has 0 saturated heterocycles. The molecule has 2 heterocycles. The van der Waals surface area contributed by atoms with E-state index in [1.165, 1.54) is 11.8 Å². The Morgan fingerprint density at radius 2 is 1.89 bits per heavy atom. The van der Waals surface area contributed by atoms with Gasteiger partial charge in [-0.1, -0.05) is 35.5 Å². The van der Waals surface area contributed by atoms with Crippen molar-refractivity contribution in [3.63, 3.8) is 0 Å². The van der Waals surface area contributed by atoms with Crippen LogP contribution in [0.15, 0.2) is 64.4 Å². The monoisotopic (exact) mass is 399 g/mol. The van der Waals surface area contributed by atoms with Crippen molar-refractivity contribution in [3.05, 3.63) is 65.8 Å². The van der Waals surface area contributed by atoms with Gasteiger partial charge >= 0.3 is 0 Å². The summed E-state index contributed by atoms with van der Waals surface area (Å²) < 4.78 is 13.0. The quantitative estimate of drug-likeness (QED) is 0.448. The smallest absolute Gasteiger partial charge is 0.247 e. The van der Waals surface area contributed by atoms with E-state index in [0.29, 0.717) is 27.7 Å². The van der Waals surface area contributed by atoms with E-state index in [0.717, 1.165) is 17.0 Å². The second kappa shape index (κ2) is 7.81. The van der Waals surface area contributed by atoms with E-state index in [2.05, 4.69) is 20.4 Å². The highest BCUT2D eigenvalue weighted by Crippen LogP contribution is 2.29. The van der Waals surface area contributed by atoms with Crippen LogP contribution in [-0.4, -0.2) is 32.1 Å². The van der Waals surface area contributed by atoms with Gasteiger partial charge < -0.3 is 9.15 Å². The normalized spacial score (nSPS) is 10.9. The summed E-state index contributed by atoms with van der Waals surface area (Å²) in [7, 11) is 1.63. The summed E-state index contributed by atoms with van der Waals surface area (Å²) in [6.45, 7) is 0. The fourth-order valence-electron chi connectivity index (χ4n) is 2.46. The number of nitrogens with zero attached hydrogens (tertiary/aromatic N) is 5. The molecule has 0 unspecified atom stereocenters. The molecule has 136 valence electrons. The second-order valence-electron chi connectivity index (χ2n) is 5.45. The first-order valence-corrected chi connectivity index (χ1v) is 9.35. The Balaban J connectivity index is 1.51. The highest BCUT2D eigenvalue weighted by molar-refractivity contribution is 7.98. The maximum atomic E-state index is 5.90. The van der Waals surface area contributed by atoms with Crippen molar-refractivity contribution < 1.29 is 9.15 Å². The van der Waals surface area contributed by atoms with Crippen LogP contribution in [0.2, 0.25) is 5.02 Å². The Morgan fingerprint density at radius 1 is 1.07 bits per heavy atom. The topological polar surface area (TPSA) is 78.9 Å². The van der Waals surface area contributed by atoms with Crippen molar-refractivity contribution in [1.29, 1.82) is 0 Å². The Morgan fingerprint density at radius 3 is 2.70 bits per heavy atom. The van der Waals surface area contributed by atoms with Crippen molar-refractivity contribution in [2.24, 2.45) is 0 Å². The number of halogens is 1. The predicted molar refractivity (Wildman–Crippen MR) is 102 cm³/mol. The van der Waals surface area contributed by atoms with Crippen molar-refractivity contribution in [1.82, 2.24) is 25.0 Å². The fraction of sp³-hybridized carbons (Fsp3) is 0.111. The number of thioether (sulfide) groups is 1. The molecule has 0 aliphatic heterocycles. The van der Waals surface area contributed by atoms with Crippen LogP contribution in [-0.2, 0) is 5.75 Å². The van der Waals surface area contributed by atoms with Crippen LogP contribution in [0.5, 0.6) is 5.75 Å². The van der Waals surface area contributed by atoms with Crippen LogP contribution < -0.4 is 4.74 Å². The Kier molecular flexibility index (Phi) is 5.08. The van der Waals surface area contributed by atoms with Gasteiger partial charge in [0.1, 0.15) is 12.1 Å². The third kappa shape index (κ3) is 3.81. The van der Waals surface area contributed by atoms with Crippen molar-refractivity contribution in [2.45, 2.75) is 10.9 Å². The molecule has 0 atom stereocenters. The number of hydrogen-bond donors (Lipinski definition) is 0. The standard InChI is InChI=1S/C18H14ClN5O2S/c1-25-15-5-3-2-4-14(15)24-11-20-23-18(24)27-10-16-21-22-17(26-16)12-6-8-13(19)9-7-12/h2-9,11H,10H2,1H3. The number of aromatic nitrogens is 5. The third-order valence-electron chi connectivity index (χ3n) is 3.74. The highest BCUT2D eigenvalue weighted by Gasteiger charge is 2.14. The summed E-state index contributed by atoms with van der Waals surface area (Å²) in [4.78, 5) is 0. The lowest BCUT2D eigenvalue weighted by molar-refractivity contribution is 0.412. The second-order valence-corrected chi connectivity index (χ2v) is 6.83. The lowest BCUT2D eigenvalue weighted by Crippen LogP contribution is -1.98. The van der Waals surface area contributed by atoms with Gasteiger partial charge in [-0.2, -0.15) is 0 Å². The van der Waals surface area contributed by atoms with E-state index in [-0.39, 0.29) is 0 Å². The van der Waals surface area contributed by atoms with Gasteiger partial charge in [0.15, 0.2) is 5.16 Å². The first kappa shape index (κ1) is 17.6. The van der Waals surface area contributed by atoms with Gasteiger partial charge in [-0.05, 0) is 36.4 Å². The number of methoxy groups -OCH3 is 1. The lowest BCUT2D eigenvalue weighted by atomic mass is 10.2. The number of para-hydroxylation sites is 2. The van der Waals surface area contributed by atoms with E-state index in [1.807, 2.05) is 41.0 Å². The van der Waals surface area contributed by atoms with Crippen molar-refractivity contribution in [3.8, 4) is 22.9 Å². The van der Waals surface area contributed by atoms with E-state index in [1.54, 1.807) is 25.6 Å². The van der Waals surface area contributed by atoms with Gasteiger partial charge in [0.2, 0.25) is 11.8 Å². The number of rotatable bonds is 6. The fourth-order valence-corrected chi connectivity index (χ4v) is 3.35. The summed E-state index contributed by atoms with van der Waals surface area (Å²) in [6, 6.07) is 14.9. The molecule has 0 N–H and O–H groups in total. The summed E-state index contributed by atoms with van der Waals surface area (Å²) in [5, 5.41) is 17.7. The molecule has 0 radical (unpaired) electrons. The maximum Gasteiger partial charge on any atom is 0.247 e. The van der Waals surface area contributed by atoms with Crippen LogP contribution in [0.25, 0.3) is 17.1 Å². The summed E-state index contributed by atoms with van der Waals surface area (Å²) in [6.07, 6.45) is 1.65. The maximum absolute atomic E-state index is 5.90. The molecule has 0 spiro atoms. The van der Waals surface area contributed by atoms with Gasteiger partial charge in [0, 0.05) is 10.6 Å². The van der Waals surface area contributed by atoms with Crippen LogP contribution in [0.3, 0.4) is 0 Å². The van der Waals surface area contributed by atoms with E-state index in [4.69, 9.17) is 20.8 Å². The molecule has 0 bridgehead atoms. The zero-order valence-electron chi connectivity index (χ0n) is 14.2. The molecule has 4 rings (SSSR count). The van der Waals surface area contributed by atoms with Crippen LogP contribution in [0.4, 0.5) is 0 Å². The molecule has 4 aromatic rings. The van der Waals surface area contributed by atoms with Gasteiger partial charge in [0.05, 0.1) is 18.6 Å². The van der Waals surface area contributed by atoms with Crippen molar-refractivity contribution in [2.75, 3.05) is 7.11 Å². The average molecular weight is 400 g/mol. The number of ether oxygens (including phenoxy) is 1. The molecular formula is C18H14ClN5O2S. The zero-order valence-corrected chi connectivity index (χ0v) is 15.8. The van der Waals surface area contributed by atoms with Crippen LogP contribution >= 0.6 is 23.4 Å². The Labute approximate surface area is 164 Å². The van der Waals surface area contributed by atoms with Crippen molar-refractivity contribution >= 4 is 23.4 Å². The zero-order chi connectivity index (χ0) is 18.6. The average Bonchev–Trinajstić information content (AvgIpc) is 3.36. The summed E-state index contributed by atoms with van der Waals surface area (Å²) in [5.41, 5.74) is 1.68. The van der Waals surface area contributed by atoms with Gasteiger partial charge in [-0.15, -0.1) is 20.4 Å². The molecule has 0 amide bonds. The van der Waals surface area contributed by atoms with Gasteiger partial charge in [-0.25, -0.2) is 0 Å². The first-order chi connectivity index (χ1) is 13.2. The Bertz CT molecular complexity index is 1050. The molecule has 7 nitrogen and oxygen atoms in total. The molecule has 27 heavy (non-hydrogen) atoms. The first-order valence-electron chi connectivity index (χ1n) is 7.99. The minimum absolute atomic E-state index is 0.452. The molecule has 0 saturated carbocycles. The minimum Gasteiger partial charge on any atom is -0.495 e. The summed E-state index contributed by atoms with van der Waals surface area (Å²) in [5.74, 6) is 2.16. The molecule has 2 aromatic heterocycles. The van der Waals surface area contributed by atoms with Gasteiger partial charge in [-0.3, -0.25) is 4.57 Å². The van der Waals surface area contributed by atoms with E-state index in [9.17, 15) is 0 Å². The van der Waals surface area contributed by atoms with Crippen LogP contribution in [0, 0.1) is 0 Å². The van der Waals surface area contributed by atoms with E-state index < -0.39 is 0 Å². The molecule has 0 aliphatic rings. The third-order valence-corrected chi connectivity index (χ3v) is 4.92. The molecular weight excluding hydrogens is 386 g/mol. The molecule has 0 fully saturated rings. The largest absolute Gasteiger partial charge is 0.495 e. The summed E-state index contributed by atoms with van der Waals surface area (Å²) >= 11 is 7.35. The highest BCUT2D eigenvalue weighted by atomic mass is 35.5. The van der Waals surface area contributed by atoms with Gasteiger partial charge in [0.25, 0.3) is 0 Å². The molecule has 2 aromatic carbocycles. The SMILES string of the molecule is COc1ccccc1-n1cnnc1SCc1nnc(-c2ccc(Cl)cc2)o1. The molecule has 0 aliphatic carbocycles. The number of hydrogen-bond acceptors (Lipinski definition) is 7. The van der Waals surface area contributed by atoms with E-state index >= 15 is 0 Å². The molecule has 9 heteroatoms.